The van der Waals surface area contributed by atoms with Crippen LogP contribution in [0.25, 0.3) is 0 Å². The molecule has 0 atom stereocenters. The molecule has 3 rings (SSSR count). The van der Waals surface area contributed by atoms with Crippen molar-refractivity contribution in [3.63, 3.8) is 0 Å². The van der Waals surface area contributed by atoms with Gasteiger partial charge in [0.25, 0.3) is 0 Å². The van der Waals surface area contributed by atoms with Crippen LogP contribution in [0.4, 0.5) is 5.69 Å². The molecule has 26 heavy (non-hydrogen) atoms. The van der Waals surface area contributed by atoms with Gasteiger partial charge < -0.3 is 10.1 Å². The average Bonchev–Trinajstić information content (AvgIpc) is 3.09. The summed E-state index contributed by atoms with van der Waals surface area (Å²) in [4.78, 5) is 32.2. The molecule has 2 aromatic heterocycles. The van der Waals surface area contributed by atoms with Gasteiger partial charge in [-0.1, -0.05) is 23.8 Å². The van der Waals surface area contributed by atoms with Gasteiger partial charge in [0.05, 0.1) is 12.1 Å². The molecule has 2 heterocycles. The van der Waals surface area contributed by atoms with Gasteiger partial charge in [-0.2, -0.15) is 0 Å². The van der Waals surface area contributed by atoms with Crippen molar-refractivity contribution in [2.45, 2.75) is 20.0 Å². The number of carbonyl (C=O) groups is 2. The average molecular weight is 367 g/mol. The lowest BCUT2D eigenvalue weighted by molar-refractivity contribution is -0.115. The number of carbonyl (C=O) groups excluding carboxylic acids is 2. The number of thiazole rings is 1. The van der Waals surface area contributed by atoms with Crippen LogP contribution < -0.4 is 5.32 Å². The number of nitrogens with zero attached hydrogens (tertiary/aromatic N) is 2. The van der Waals surface area contributed by atoms with E-state index >= 15 is 0 Å². The number of nitrogens with one attached hydrogen (secondary N) is 1. The molecule has 0 aliphatic carbocycles. The van der Waals surface area contributed by atoms with Crippen molar-refractivity contribution in [3.8, 4) is 0 Å². The third-order valence-electron chi connectivity index (χ3n) is 3.47. The number of benzene rings is 1. The number of ether oxygens (including phenoxy) is 1. The predicted octanol–water partition coefficient (Wildman–Crippen LogP) is 3.38. The third-order valence-corrected chi connectivity index (χ3v) is 4.37. The highest BCUT2D eigenvalue weighted by atomic mass is 32.1. The van der Waals surface area contributed by atoms with E-state index in [1.807, 2.05) is 31.2 Å². The van der Waals surface area contributed by atoms with Gasteiger partial charge in [0.15, 0.2) is 0 Å². The van der Waals surface area contributed by atoms with Gasteiger partial charge in [0.1, 0.15) is 17.3 Å². The Morgan fingerprint density at radius 2 is 1.96 bits per heavy atom. The zero-order chi connectivity index (χ0) is 18.4. The first-order valence-electron chi connectivity index (χ1n) is 7.98. The molecule has 0 saturated carbocycles. The van der Waals surface area contributed by atoms with E-state index in [1.165, 1.54) is 17.5 Å². The van der Waals surface area contributed by atoms with Crippen LogP contribution in [0.2, 0.25) is 0 Å². The number of hydrogen-bond donors (Lipinski definition) is 1. The summed E-state index contributed by atoms with van der Waals surface area (Å²) < 4.78 is 5.18. The van der Waals surface area contributed by atoms with Crippen LogP contribution in [-0.2, 0) is 22.6 Å². The molecule has 0 fully saturated rings. The molecule has 0 saturated heterocycles. The van der Waals surface area contributed by atoms with E-state index in [9.17, 15) is 9.59 Å². The summed E-state index contributed by atoms with van der Waals surface area (Å²) in [5.41, 5.74) is 2.74. The zero-order valence-electron chi connectivity index (χ0n) is 14.1. The Morgan fingerprint density at radius 3 is 2.69 bits per heavy atom. The van der Waals surface area contributed by atoms with Crippen LogP contribution in [0.1, 0.15) is 26.8 Å². The van der Waals surface area contributed by atoms with Crippen molar-refractivity contribution < 1.29 is 14.3 Å². The SMILES string of the molecule is Cc1ccc(NC(=O)Cc2nc(COC(=O)c3ccccn3)cs2)cc1. The zero-order valence-corrected chi connectivity index (χ0v) is 15.0. The Balaban J connectivity index is 1.50. The molecule has 0 bridgehead atoms. The molecule has 1 amide bonds. The Hall–Kier alpha value is -3.06. The quantitative estimate of drug-likeness (QED) is 0.676. The van der Waals surface area contributed by atoms with Gasteiger partial charge in [-0.05, 0) is 31.2 Å². The van der Waals surface area contributed by atoms with Crippen molar-refractivity contribution >= 4 is 28.9 Å². The number of pyridine rings is 1. The Kier molecular flexibility index (Phi) is 5.70. The minimum Gasteiger partial charge on any atom is -0.454 e. The molecule has 1 N–H and O–H groups in total. The van der Waals surface area contributed by atoms with E-state index in [-0.39, 0.29) is 24.6 Å². The maximum absolute atomic E-state index is 12.1. The van der Waals surface area contributed by atoms with Gasteiger partial charge in [0.2, 0.25) is 5.91 Å². The Labute approximate surface area is 154 Å². The highest BCUT2D eigenvalue weighted by Gasteiger charge is 2.12. The molecule has 7 heteroatoms. The highest BCUT2D eigenvalue weighted by Crippen LogP contribution is 2.14. The molecular formula is C19H17N3O3S. The van der Waals surface area contributed by atoms with E-state index in [0.717, 1.165) is 11.3 Å². The van der Waals surface area contributed by atoms with Crippen molar-refractivity contribution in [3.05, 3.63) is 76.0 Å². The van der Waals surface area contributed by atoms with Gasteiger partial charge in [0, 0.05) is 17.3 Å². The third kappa shape index (κ3) is 4.97. The Bertz CT molecular complexity index is 892. The molecule has 3 aromatic rings. The van der Waals surface area contributed by atoms with Crippen molar-refractivity contribution in [2.75, 3.05) is 5.32 Å². The number of aromatic nitrogens is 2. The number of aryl methyl sites for hydroxylation is 1. The molecule has 0 radical (unpaired) electrons. The first-order chi connectivity index (χ1) is 12.6. The first kappa shape index (κ1) is 17.8. The molecule has 1 aromatic carbocycles. The van der Waals surface area contributed by atoms with Gasteiger partial charge in [-0.3, -0.25) is 4.79 Å². The van der Waals surface area contributed by atoms with E-state index in [2.05, 4.69) is 15.3 Å². The normalized spacial score (nSPS) is 10.3. The fourth-order valence-electron chi connectivity index (χ4n) is 2.17. The lowest BCUT2D eigenvalue weighted by Crippen LogP contribution is -2.14. The molecule has 0 aliphatic heterocycles. The van der Waals surface area contributed by atoms with E-state index in [4.69, 9.17) is 4.74 Å². The Morgan fingerprint density at radius 1 is 1.15 bits per heavy atom. The minimum atomic E-state index is -0.503. The van der Waals surface area contributed by atoms with Crippen LogP contribution in [-0.4, -0.2) is 21.8 Å². The lowest BCUT2D eigenvalue weighted by Gasteiger charge is -2.04. The molecule has 0 aliphatic rings. The van der Waals surface area contributed by atoms with E-state index < -0.39 is 5.97 Å². The van der Waals surface area contributed by atoms with Crippen LogP contribution in [0.15, 0.2) is 54.0 Å². The fourth-order valence-corrected chi connectivity index (χ4v) is 2.95. The second kappa shape index (κ2) is 8.35. The number of rotatable bonds is 6. The topological polar surface area (TPSA) is 81.2 Å². The standard InChI is InChI=1S/C19H17N3O3S/c1-13-5-7-14(8-6-13)21-17(23)10-18-22-15(12-26-18)11-25-19(24)16-4-2-3-9-20-16/h2-9,12H,10-11H2,1H3,(H,21,23). The monoisotopic (exact) mass is 367 g/mol. The van der Waals surface area contributed by atoms with Gasteiger partial charge in [-0.25, -0.2) is 14.8 Å². The number of anilines is 1. The first-order valence-corrected chi connectivity index (χ1v) is 8.86. The summed E-state index contributed by atoms with van der Waals surface area (Å²) in [6.45, 7) is 2.04. The predicted molar refractivity (Wildman–Crippen MR) is 99.0 cm³/mol. The number of hydrogen-bond acceptors (Lipinski definition) is 6. The summed E-state index contributed by atoms with van der Waals surface area (Å²) >= 11 is 1.36. The minimum absolute atomic E-state index is 0.0471. The molecular weight excluding hydrogens is 350 g/mol. The summed E-state index contributed by atoms with van der Waals surface area (Å²) in [5.74, 6) is -0.641. The fraction of sp³-hybridized carbons (Fsp3) is 0.158. The lowest BCUT2D eigenvalue weighted by atomic mass is 10.2. The molecule has 0 unspecified atom stereocenters. The van der Waals surface area contributed by atoms with Crippen molar-refractivity contribution in [2.24, 2.45) is 0 Å². The molecule has 132 valence electrons. The molecule has 0 spiro atoms. The van der Waals surface area contributed by atoms with Crippen LogP contribution >= 0.6 is 11.3 Å². The summed E-state index contributed by atoms with van der Waals surface area (Å²) in [6, 6.07) is 12.6. The van der Waals surface area contributed by atoms with Gasteiger partial charge in [-0.15, -0.1) is 11.3 Å². The maximum atomic E-state index is 12.1. The summed E-state index contributed by atoms with van der Waals surface area (Å²) in [6.07, 6.45) is 1.71. The van der Waals surface area contributed by atoms with Crippen LogP contribution in [0.3, 0.4) is 0 Å². The van der Waals surface area contributed by atoms with E-state index in [1.54, 1.807) is 23.6 Å². The van der Waals surface area contributed by atoms with E-state index in [0.29, 0.717) is 10.7 Å². The summed E-state index contributed by atoms with van der Waals surface area (Å²) in [5, 5.41) is 5.28. The molecule has 6 nitrogen and oxygen atoms in total. The van der Waals surface area contributed by atoms with Crippen LogP contribution in [0.5, 0.6) is 0 Å². The largest absolute Gasteiger partial charge is 0.454 e. The second-order valence-corrected chi connectivity index (χ2v) is 6.56. The second-order valence-electron chi connectivity index (χ2n) is 5.61. The summed E-state index contributed by atoms with van der Waals surface area (Å²) in [7, 11) is 0. The van der Waals surface area contributed by atoms with Crippen molar-refractivity contribution in [1.82, 2.24) is 9.97 Å². The smallest absolute Gasteiger partial charge is 0.357 e. The van der Waals surface area contributed by atoms with Crippen molar-refractivity contribution in [1.29, 1.82) is 0 Å². The number of amides is 1. The van der Waals surface area contributed by atoms with Crippen LogP contribution in [0, 0.1) is 6.92 Å². The van der Waals surface area contributed by atoms with Gasteiger partial charge >= 0.3 is 5.97 Å². The number of esters is 1. The maximum Gasteiger partial charge on any atom is 0.357 e. The highest BCUT2D eigenvalue weighted by molar-refractivity contribution is 7.09.